The number of benzene rings is 1. The molecule has 1 aromatic heterocycles. The molecule has 140 valence electrons. The number of hydrogen-bond donors (Lipinski definition) is 1. The lowest BCUT2D eigenvalue weighted by Gasteiger charge is -2.25. The lowest BCUT2D eigenvalue weighted by molar-refractivity contribution is 0.0744. The van der Waals surface area contributed by atoms with Crippen molar-refractivity contribution in [2.45, 2.75) is 19.4 Å². The molecule has 7 heteroatoms. The second-order valence-corrected chi connectivity index (χ2v) is 7.45. The number of halogens is 1. The van der Waals surface area contributed by atoms with Gasteiger partial charge in [-0.25, -0.2) is 0 Å². The maximum atomic E-state index is 13.1. The Hall–Kier alpha value is -1.89. The van der Waals surface area contributed by atoms with E-state index in [4.69, 9.17) is 5.73 Å². The number of carbonyl (C=O) groups is 2. The minimum atomic E-state index is -0.107. The highest BCUT2D eigenvalue weighted by atomic mass is 35.5. The fourth-order valence-corrected chi connectivity index (χ4v) is 4.07. The van der Waals surface area contributed by atoms with Crippen molar-refractivity contribution in [3.8, 4) is 0 Å². The lowest BCUT2D eigenvalue weighted by Crippen LogP contribution is -2.36. The van der Waals surface area contributed by atoms with Gasteiger partial charge in [-0.05, 0) is 49.4 Å². The minimum absolute atomic E-state index is 0. The predicted molar refractivity (Wildman–Crippen MR) is 108 cm³/mol. The molecule has 5 nitrogen and oxygen atoms in total. The van der Waals surface area contributed by atoms with Gasteiger partial charge >= 0.3 is 0 Å². The number of thiophene rings is 1. The van der Waals surface area contributed by atoms with Crippen LogP contribution in [-0.4, -0.2) is 42.9 Å². The quantitative estimate of drug-likeness (QED) is 0.866. The Labute approximate surface area is 164 Å². The van der Waals surface area contributed by atoms with Crippen molar-refractivity contribution in [1.82, 2.24) is 4.90 Å². The van der Waals surface area contributed by atoms with Crippen LogP contribution in [0.2, 0.25) is 0 Å². The van der Waals surface area contributed by atoms with E-state index in [0.29, 0.717) is 35.1 Å². The second-order valence-electron chi connectivity index (χ2n) is 6.50. The van der Waals surface area contributed by atoms with Crippen LogP contribution in [0.25, 0.3) is 0 Å². The minimum Gasteiger partial charge on any atom is -0.336 e. The van der Waals surface area contributed by atoms with E-state index in [1.807, 2.05) is 34.5 Å². The van der Waals surface area contributed by atoms with Crippen molar-refractivity contribution in [3.05, 3.63) is 52.2 Å². The molecule has 2 heterocycles. The van der Waals surface area contributed by atoms with Gasteiger partial charge in [-0.3, -0.25) is 9.59 Å². The number of anilines is 1. The van der Waals surface area contributed by atoms with Gasteiger partial charge in [-0.15, -0.1) is 23.7 Å². The number of likely N-dealkylation sites (tertiary alicyclic amines) is 1. The van der Waals surface area contributed by atoms with Crippen molar-refractivity contribution in [1.29, 1.82) is 0 Å². The number of rotatable bonds is 4. The molecule has 0 aliphatic carbocycles. The maximum absolute atomic E-state index is 13.1. The van der Waals surface area contributed by atoms with Crippen LogP contribution in [0.5, 0.6) is 0 Å². The molecule has 0 bridgehead atoms. The van der Waals surface area contributed by atoms with E-state index in [9.17, 15) is 9.59 Å². The SMILES string of the molecule is CC1CC(CN)CN1C(=O)c1ccccc1N(C)C(=O)c1cccs1.Cl. The summed E-state index contributed by atoms with van der Waals surface area (Å²) in [6, 6.07) is 11.1. The standard InChI is InChI=1S/C19H23N3O2S.ClH/c1-13-10-14(11-20)12-22(13)18(23)15-6-3-4-7-16(15)21(2)19(24)17-8-5-9-25-17;/h3-9,13-14H,10-12,20H2,1-2H3;1H. The number of amides is 2. The molecule has 0 saturated carbocycles. The summed E-state index contributed by atoms with van der Waals surface area (Å²) in [5.41, 5.74) is 6.97. The van der Waals surface area contributed by atoms with Crippen LogP contribution in [-0.2, 0) is 0 Å². The highest BCUT2D eigenvalue weighted by Crippen LogP contribution is 2.28. The third-order valence-electron chi connectivity index (χ3n) is 4.79. The Morgan fingerprint density at radius 2 is 2.00 bits per heavy atom. The number of hydrogen-bond acceptors (Lipinski definition) is 4. The zero-order valence-corrected chi connectivity index (χ0v) is 16.6. The maximum Gasteiger partial charge on any atom is 0.268 e. The Kier molecular flexibility index (Phi) is 6.81. The molecule has 2 N–H and O–H groups in total. The Balaban J connectivity index is 0.00000243. The molecule has 1 fully saturated rings. The van der Waals surface area contributed by atoms with Gasteiger partial charge in [0.05, 0.1) is 16.1 Å². The Morgan fingerprint density at radius 1 is 1.27 bits per heavy atom. The zero-order chi connectivity index (χ0) is 18.0. The van der Waals surface area contributed by atoms with E-state index in [2.05, 4.69) is 6.92 Å². The number of nitrogens with two attached hydrogens (primary N) is 1. The van der Waals surface area contributed by atoms with E-state index < -0.39 is 0 Å². The monoisotopic (exact) mass is 393 g/mol. The van der Waals surface area contributed by atoms with Crippen LogP contribution >= 0.6 is 23.7 Å². The summed E-state index contributed by atoms with van der Waals surface area (Å²) in [5.74, 6) is 0.200. The van der Waals surface area contributed by atoms with Gasteiger partial charge in [0.15, 0.2) is 0 Å². The molecule has 1 aliphatic rings. The second kappa shape index (κ2) is 8.66. The smallest absolute Gasteiger partial charge is 0.268 e. The first-order valence-corrected chi connectivity index (χ1v) is 9.32. The number of nitrogens with zero attached hydrogens (tertiary/aromatic N) is 2. The van der Waals surface area contributed by atoms with E-state index in [-0.39, 0.29) is 30.3 Å². The van der Waals surface area contributed by atoms with E-state index in [1.54, 1.807) is 24.1 Å². The molecule has 1 aliphatic heterocycles. The van der Waals surface area contributed by atoms with Crippen LogP contribution in [0.3, 0.4) is 0 Å². The van der Waals surface area contributed by atoms with E-state index in [0.717, 1.165) is 6.42 Å². The molecule has 1 aromatic carbocycles. The highest BCUT2D eigenvalue weighted by molar-refractivity contribution is 7.12. The van der Waals surface area contributed by atoms with Gasteiger partial charge in [0.1, 0.15) is 0 Å². The first-order chi connectivity index (χ1) is 12.0. The predicted octanol–water partition coefficient (Wildman–Crippen LogP) is 3.26. The van der Waals surface area contributed by atoms with Gasteiger partial charge < -0.3 is 15.5 Å². The van der Waals surface area contributed by atoms with Gasteiger partial charge in [-0.1, -0.05) is 18.2 Å². The van der Waals surface area contributed by atoms with Crippen molar-refractivity contribution in [3.63, 3.8) is 0 Å². The van der Waals surface area contributed by atoms with Crippen LogP contribution in [0.15, 0.2) is 41.8 Å². The van der Waals surface area contributed by atoms with Gasteiger partial charge in [0.2, 0.25) is 0 Å². The molecular formula is C19H24ClN3O2S. The van der Waals surface area contributed by atoms with Crippen LogP contribution in [0.1, 0.15) is 33.4 Å². The van der Waals surface area contributed by atoms with E-state index >= 15 is 0 Å². The molecule has 2 unspecified atom stereocenters. The Morgan fingerprint density at radius 3 is 2.62 bits per heavy atom. The molecule has 3 rings (SSSR count). The molecule has 26 heavy (non-hydrogen) atoms. The van der Waals surface area contributed by atoms with Crippen molar-refractivity contribution < 1.29 is 9.59 Å². The highest BCUT2D eigenvalue weighted by Gasteiger charge is 2.33. The summed E-state index contributed by atoms with van der Waals surface area (Å²) in [7, 11) is 1.71. The molecule has 0 spiro atoms. The average molecular weight is 394 g/mol. The zero-order valence-electron chi connectivity index (χ0n) is 14.9. The van der Waals surface area contributed by atoms with Crippen molar-refractivity contribution in [2.75, 3.05) is 25.0 Å². The number of para-hydroxylation sites is 1. The lowest BCUT2D eigenvalue weighted by atomic mass is 10.1. The fourth-order valence-electron chi connectivity index (χ4n) is 3.37. The van der Waals surface area contributed by atoms with Gasteiger partial charge in [0.25, 0.3) is 11.8 Å². The third kappa shape index (κ3) is 3.92. The molecule has 0 radical (unpaired) electrons. The summed E-state index contributed by atoms with van der Waals surface area (Å²) < 4.78 is 0. The molecule has 1 saturated heterocycles. The topological polar surface area (TPSA) is 66.6 Å². The third-order valence-corrected chi connectivity index (χ3v) is 5.65. The Bertz CT molecular complexity index is 766. The van der Waals surface area contributed by atoms with Gasteiger partial charge in [-0.2, -0.15) is 0 Å². The first-order valence-electron chi connectivity index (χ1n) is 8.44. The molecule has 2 aromatic rings. The van der Waals surface area contributed by atoms with Gasteiger partial charge in [0, 0.05) is 19.6 Å². The summed E-state index contributed by atoms with van der Waals surface area (Å²) in [5, 5.41) is 1.87. The van der Waals surface area contributed by atoms with Crippen molar-refractivity contribution >= 4 is 41.2 Å². The largest absolute Gasteiger partial charge is 0.336 e. The average Bonchev–Trinajstić information content (AvgIpc) is 3.29. The van der Waals surface area contributed by atoms with E-state index in [1.165, 1.54) is 11.3 Å². The summed E-state index contributed by atoms with van der Waals surface area (Å²) in [6.07, 6.45) is 0.925. The normalized spacial score (nSPS) is 19.1. The summed E-state index contributed by atoms with van der Waals surface area (Å²) >= 11 is 1.40. The summed E-state index contributed by atoms with van der Waals surface area (Å²) in [6.45, 7) is 3.32. The van der Waals surface area contributed by atoms with Crippen LogP contribution < -0.4 is 10.6 Å². The fraction of sp³-hybridized carbons (Fsp3) is 0.368. The summed E-state index contributed by atoms with van der Waals surface area (Å²) in [4.78, 5) is 29.8. The molecule has 2 amide bonds. The van der Waals surface area contributed by atoms with Crippen molar-refractivity contribution in [2.24, 2.45) is 11.7 Å². The number of carbonyl (C=O) groups excluding carboxylic acids is 2. The first kappa shape index (κ1) is 20.4. The molecule has 2 atom stereocenters. The van der Waals surface area contributed by atoms with Crippen LogP contribution in [0, 0.1) is 5.92 Å². The van der Waals surface area contributed by atoms with Crippen LogP contribution in [0.4, 0.5) is 5.69 Å². The molecular weight excluding hydrogens is 370 g/mol.